The number of hydrogen-bond acceptors (Lipinski definition) is 3. The van der Waals surface area contributed by atoms with Gasteiger partial charge in [0.05, 0.1) is 5.56 Å². The second-order valence-electron chi connectivity index (χ2n) is 5.02. The number of nitrogens with one attached hydrogen (secondary N) is 1. The zero-order chi connectivity index (χ0) is 15.5. The van der Waals surface area contributed by atoms with Crippen molar-refractivity contribution in [2.75, 3.05) is 6.54 Å². The molecule has 1 N–H and O–H groups in total. The molecule has 0 aliphatic rings. The Labute approximate surface area is 133 Å². The Morgan fingerprint density at radius 3 is 2.95 bits per heavy atom. The first-order valence-electron chi connectivity index (χ1n) is 6.94. The van der Waals surface area contributed by atoms with E-state index in [0.29, 0.717) is 17.3 Å². The predicted molar refractivity (Wildman–Crippen MR) is 86.0 cm³/mol. The largest absolute Gasteiger partial charge is 0.352 e. The molecule has 0 aliphatic carbocycles. The number of carbonyl (C=O) groups excluding carboxylic acids is 1. The molecule has 6 heteroatoms. The number of hydrogen-bond donors (Lipinski definition) is 1. The minimum absolute atomic E-state index is 0.150. The number of fused-ring (bicyclic) bond motifs is 1. The van der Waals surface area contributed by atoms with E-state index in [1.54, 1.807) is 18.3 Å². The summed E-state index contributed by atoms with van der Waals surface area (Å²) in [7, 11) is 1.97. The van der Waals surface area contributed by atoms with Crippen LogP contribution in [0.25, 0.3) is 11.0 Å². The van der Waals surface area contributed by atoms with Crippen molar-refractivity contribution in [3.63, 3.8) is 0 Å². The molecule has 0 unspecified atom stereocenters. The molecule has 3 rings (SSSR count). The van der Waals surface area contributed by atoms with Crippen molar-refractivity contribution in [2.24, 2.45) is 7.05 Å². The Bertz CT molecular complexity index is 811. The normalized spacial score (nSPS) is 10.8. The topological polar surface area (TPSA) is 59.8 Å². The van der Waals surface area contributed by atoms with Gasteiger partial charge in [-0.05, 0) is 36.2 Å². The predicted octanol–water partition coefficient (Wildman–Crippen LogP) is 2.59. The molecule has 0 radical (unpaired) electrons. The summed E-state index contributed by atoms with van der Waals surface area (Å²) < 4.78 is 2.00. The van der Waals surface area contributed by atoms with Crippen molar-refractivity contribution in [3.8, 4) is 0 Å². The van der Waals surface area contributed by atoms with Crippen LogP contribution < -0.4 is 5.32 Å². The summed E-state index contributed by atoms with van der Waals surface area (Å²) in [6.45, 7) is 0.551. The van der Waals surface area contributed by atoms with Crippen LogP contribution in [0.2, 0.25) is 5.15 Å². The maximum Gasteiger partial charge on any atom is 0.252 e. The monoisotopic (exact) mass is 314 g/mol. The lowest BCUT2D eigenvalue weighted by Crippen LogP contribution is -2.25. The van der Waals surface area contributed by atoms with Crippen LogP contribution in [0, 0.1) is 0 Å². The smallest absolute Gasteiger partial charge is 0.252 e. The minimum Gasteiger partial charge on any atom is -0.352 e. The summed E-state index contributed by atoms with van der Waals surface area (Å²) >= 11 is 5.71. The number of halogens is 1. The lowest BCUT2D eigenvalue weighted by molar-refractivity contribution is 0.0954. The first-order chi connectivity index (χ1) is 10.6. The van der Waals surface area contributed by atoms with E-state index in [9.17, 15) is 4.79 Å². The van der Waals surface area contributed by atoms with Crippen molar-refractivity contribution < 1.29 is 4.79 Å². The molecule has 0 atom stereocenters. The molecular weight excluding hydrogens is 300 g/mol. The maximum absolute atomic E-state index is 12.0. The zero-order valence-corrected chi connectivity index (χ0v) is 12.8. The van der Waals surface area contributed by atoms with Gasteiger partial charge in [0.2, 0.25) is 0 Å². The van der Waals surface area contributed by atoms with E-state index in [1.807, 2.05) is 29.9 Å². The van der Waals surface area contributed by atoms with E-state index >= 15 is 0 Å². The third kappa shape index (κ3) is 2.94. The Morgan fingerprint density at radius 2 is 2.18 bits per heavy atom. The van der Waals surface area contributed by atoms with Crippen molar-refractivity contribution in [1.29, 1.82) is 0 Å². The first-order valence-corrected chi connectivity index (χ1v) is 7.31. The number of aryl methyl sites for hydroxylation is 1. The number of carbonyl (C=O) groups is 1. The second kappa shape index (κ2) is 6.15. The average Bonchev–Trinajstić information content (AvgIpc) is 2.85. The van der Waals surface area contributed by atoms with E-state index in [4.69, 9.17) is 11.6 Å². The quantitative estimate of drug-likeness (QED) is 0.753. The molecule has 0 aromatic carbocycles. The lowest BCUT2D eigenvalue weighted by atomic mass is 10.1. The van der Waals surface area contributed by atoms with Crippen LogP contribution in [0.3, 0.4) is 0 Å². The molecule has 0 saturated heterocycles. The highest BCUT2D eigenvalue weighted by Gasteiger charge is 2.09. The molecule has 3 heterocycles. The molecule has 3 aromatic heterocycles. The van der Waals surface area contributed by atoms with Crippen LogP contribution in [-0.4, -0.2) is 27.0 Å². The van der Waals surface area contributed by atoms with Crippen LogP contribution in [0.15, 0.2) is 42.9 Å². The fraction of sp³-hybridized carbons (Fsp3) is 0.188. The van der Waals surface area contributed by atoms with E-state index in [1.165, 1.54) is 11.8 Å². The summed E-state index contributed by atoms with van der Waals surface area (Å²) in [5, 5.41) is 4.38. The SMILES string of the molecule is Cn1cc(CCNC(=O)c2ccc(Cl)nc2)c2cccnc21. The van der Waals surface area contributed by atoms with Gasteiger partial charge in [-0.1, -0.05) is 11.6 Å². The Morgan fingerprint density at radius 1 is 1.32 bits per heavy atom. The molecule has 0 spiro atoms. The van der Waals surface area contributed by atoms with Crippen molar-refractivity contribution >= 4 is 28.5 Å². The number of amides is 1. The molecule has 0 saturated carbocycles. The first kappa shape index (κ1) is 14.5. The molecular formula is C16H15ClN4O. The summed E-state index contributed by atoms with van der Waals surface area (Å²) in [6, 6.07) is 7.23. The van der Waals surface area contributed by atoms with Gasteiger partial charge in [-0.3, -0.25) is 4.79 Å². The minimum atomic E-state index is -0.150. The molecule has 0 aliphatic heterocycles. The van der Waals surface area contributed by atoms with Gasteiger partial charge < -0.3 is 9.88 Å². The van der Waals surface area contributed by atoms with Crippen molar-refractivity contribution in [3.05, 3.63) is 59.1 Å². The summed E-state index contributed by atoms with van der Waals surface area (Å²) in [6.07, 6.45) is 6.05. The Kier molecular flexibility index (Phi) is 4.06. The van der Waals surface area contributed by atoms with Gasteiger partial charge >= 0.3 is 0 Å². The fourth-order valence-corrected chi connectivity index (χ4v) is 2.53. The van der Waals surface area contributed by atoms with Crippen molar-refractivity contribution in [1.82, 2.24) is 19.9 Å². The van der Waals surface area contributed by atoms with Crippen LogP contribution in [0.4, 0.5) is 0 Å². The standard InChI is InChI=1S/C16H15ClN4O/c1-21-10-12(13-3-2-7-18-15(13)21)6-8-19-16(22)11-4-5-14(17)20-9-11/h2-5,7,9-10H,6,8H2,1H3,(H,19,22). The van der Waals surface area contributed by atoms with Crippen LogP contribution >= 0.6 is 11.6 Å². The van der Waals surface area contributed by atoms with Crippen LogP contribution in [-0.2, 0) is 13.5 Å². The van der Waals surface area contributed by atoms with E-state index in [0.717, 1.165) is 17.5 Å². The average molecular weight is 315 g/mol. The van der Waals surface area contributed by atoms with Crippen molar-refractivity contribution in [2.45, 2.75) is 6.42 Å². The third-order valence-corrected chi connectivity index (χ3v) is 3.71. The second-order valence-corrected chi connectivity index (χ2v) is 5.40. The van der Waals surface area contributed by atoms with Crippen LogP contribution in [0.1, 0.15) is 15.9 Å². The lowest BCUT2D eigenvalue weighted by Gasteiger charge is -2.04. The molecule has 0 bridgehead atoms. The summed E-state index contributed by atoms with van der Waals surface area (Å²) in [4.78, 5) is 20.3. The number of rotatable bonds is 4. The van der Waals surface area contributed by atoms with Gasteiger partial charge in [0.1, 0.15) is 10.8 Å². The van der Waals surface area contributed by atoms with Gasteiger partial charge in [-0.25, -0.2) is 9.97 Å². The van der Waals surface area contributed by atoms with Gasteiger partial charge in [0.25, 0.3) is 5.91 Å². The Balaban J connectivity index is 1.65. The molecule has 5 nitrogen and oxygen atoms in total. The highest BCUT2D eigenvalue weighted by molar-refractivity contribution is 6.29. The Hall–Kier alpha value is -2.40. The third-order valence-electron chi connectivity index (χ3n) is 3.49. The number of pyridine rings is 2. The molecule has 0 fully saturated rings. The van der Waals surface area contributed by atoms with Gasteiger partial charge in [0.15, 0.2) is 0 Å². The summed E-state index contributed by atoms with van der Waals surface area (Å²) in [5.74, 6) is -0.150. The van der Waals surface area contributed by atoms with E-state index in [-0.39, 0.29) is 5.91 Å². The molecule has 22 heavy (non-hydrogen) atoms. The summed E-state index contributed by atoms with van der Waals surface area (Å²) in [5.41, 5.74) is 2.62. The maximum atomic E-state index is 12.0. The highest BCUT2D eigenvalue weighted by Crippen LogP contribution is 2.18. The van der Waals surface area contributed by atoms with Crippen LogP contribution in [0.5, 0.6) is 0 Å². The number of nitrogens with zero attached hydrogens (tertiary/aromatic N) is 3. The zero-order valence-electron chi connectivity index (χ0n) is 12.1. The molecule has 1 amide bonds. The highest BCUT2D eigenvalue weighted by atomic mass is 35.5. The van der Waals surface area contributed by atoms with Gasteiger partial charge in [0, 0.05) is 37.6 Å². The van der Waals surface area contributed by atoms with E-state index < -0.39 is 0 Å². The number of aromatic nitrogens is 3. The molecule has 3 aromatic rings. The molecule has 112 valence electrons. The fourth-order valence-electron chi connectivity index (χ4n) is 2.42. The van der Waals surface area contributed by atoms with E-state index in [2.05, 4.69) is 15.3 Å². The van der Waals surface area contributed by atoms with Gasteiger partial charge in [-0.2, -0.15) is 0 Å². The van der Waals surface area contributed by atoms with Gasteiger partial charge in [-0.15, -0.1) is 0 Å².